The van der Waals surface area contributed by atoms with Gasteiger partial charge < -0.3 is 10.0 Å². The Morgan fingerprint density at radius 3 is 2.63 bits per heavy atom. The molecule has 0 fully saturated rings. The van der Waals surface area contributed by atoms with Crippen LogP contribution in [0.1, 0.15) is 15.9 Å². The molecule has 1 aromatic rings. The lowest BCUT2D eigenvalue weighted by Gasteiger charge is -2.21. The molecule has 0 aromatic heterocycles. The van der Waals surface area contributed by atoms with Crippen LogP contribution in [0, 0.1) is 17.0 Å². The van der Waals surface area contributed by atoms with E-state index in [1.54, 1.807) is 25.7 Å². The van der Waals surface area contributed by atoms with Gasteiger partial charge >= 0.3 is 5.97 Å². The fourth-order valence-electron chi connectivity index (χ4n) is 1.74. The minimum absolute atomic E-state index is 0.0664. The minimum Gasteiger partial charge on any atom is -0.478 e. The van der Waals surface area contributed by atoms with Gasteiger partial charge in [-0.15, -0.1) is 0 Å². The lowest BCUT2D eigenvalue weighted by molar-refractivity contribution is -0.385. The van der Waals surface area contributed by atoms with Gasteiger partial charge in [0.05, 0.1) is 16.1 Å². The lowest BCUT2D eigenvalue weighted by Crippen LogP contribution is -2.22. The number of nitrogens with zero attached hydrogens (tertiary/aromatic N) is 2. The monoisotopic (exact) mass is 284 g/mol. The zero-order valence-corrected chi connectivity index (χ0v) is 11.9. The molecule has 0 saturated heterocycles. The van der Waals surface area contributed by atoms with Crippen LogP contribution < -0.4 is 4.90 Å². The standard InChI is InChI=1S/C12H16N2O4S/c1-8-10(13(2)4-5-19-3)6-9(12(15)16)7-11(8)14(17)18/h6-7H,4-5H2,1-3H3,(H,15,16). The van der Waals surface area contributed by atoms with Crippen LogP contribution in [0.3, 0.4) is 0 Å². The van der Waals surface area contributed by atoms with Gasteiger partial charge in [-0.1, -0.05) is 0 Å². The highest BCUT2D eigenvalue weighted by Crippen LogP contribution is 2.30. The van der Waals surface area contributed by atoms with Crippen LogP contribution in [0.5, 0.6) is 0 Å². The van der Waals surface area contributed by atoms with Crippen molar-refractivity contribution in [2.24, 2.45) is 0 Å². The van der Waals surface area contributed by atoms with Crippen LogP contribution in [-0.4, -0.2) is 41.6 Å². The maximum Gasteiger partial charge on any atom is 0.336 e. The van der Waals surface area contributed by atoms with Gasteiger partial charge in [0.25, 0.3) is 5.69 Å². The van der Waals surface area contributed by atoms with E-state index < -0.39 is 10.9 Å². The average molecular weight is 284 g/mol. The van der Waals surface area contributed by atoms with E-state index in [0.29, 0.717) is 17.8 Å². The number of rotatable bonds is 6. The maximum atomic E-state index is 11.0. The molecule has 0 heterocycles. The van der Waals surface area contributed by atoms with Gasteiger partial charge in [0.2, 0.25) is 0 Å². The van der Waals surface area contributed by atoms with Crippen molar-refractivity contribution in [1.82, 2.24) is 0 Å². The van der Waals surface area contributed by atoms with E-state index in [9.17, 15) is 14.9 Å². The highest BCUT2D eigenvalue weighted by atomic mass is 32.2. The van der Waals surface area contributed by atoms with Gasteiger partial charge in [-0.2, -0.15) is 11.8 Å². The fraction of sp³-hybridized carbons (Fsp3) is 0.417. The molecule has 0 saturated carbocycles. The van der Waals surface area contributed by atoms with E-state index >= 15 is 0 Å². The molecule has 0 aliphatic rings. The molecule has 0 spiro atoms. The minimum atomic E-state index is -1.16. The summed E-state index contributed by atoms with van der Waals surface area (Å²) in [6.45, 7) is 2.33. The molecule has 0 radical (unpaired) electrons. The highest BCUT2D eigenvalue weighted by molar-refractivity contribution is 7.98. The number of carbonyl (C=O) groups is 1. The van der Waals surface area contributed by atoms with Gasteiger partial charge in [0.15, 0.2) is 0 Å². The second-order valence-electron chi connectivity index (χ2n) is 4.12. The Labute approximate surface area is 115 Å². The van der Waals surface area contributed by atoms with Crippen LogP contribution in [-0.2, 0) is 0 Å². The zero-order valence-electron chi connectivity index (χ0n) is 11.0. The summed E-state index contributed by atoms with van der Waals surface area (Å²) in [5.74, 6) is -0.302. The van der Waals surface area contributed by atoms with Gasteiger partial charge in [-0.25, -0.2) is 4.79 Å². The number of carboxylic acids is 1. The van der Waals surface area contributed by atoms with E-state index in [0.717, 1.165) is 11.8 Å². The Morgan fingerprint density at radius 1 is 1.53 bits per heavy atom. The molecule has 0 unspecified atom stereocenters. The number of thioether (sulfide) groups is 1. The van der Waals surface area contributed by atoms with Crippen molar-refractivity contribution >= 4 is 29.1 Å². The first-order chi connectivity index (χ1) is 8.88. The Bertz CT molecular complexity index is 505. The number of anilines is 1. The molecule has 0 amide bonds. The third kappa shape index (κ3) is 3.60. The predicted octanol–water partition coefficient (Wildman–Crippen LogP) is 2.40. The molecule has 1 aromatic carbocycles. The van der Waals surface area contributed by atoms with E-state index in [2.05, 4.69) is 0 Å². The molecular formula is C12H16N2O4S. The molecule has 0 aliphatic heterocycles. The Balaban J connectivity index is 3.28. The predicted molar refractivity (Wildman–Crippen MR) is 76.4 cm³/mol. The summed E-state index contributed by atoms with van der Waals surface area (Å²) in [5, 5.41) is 20.0. The Morgan fingerprint density at radius 2 is 2.16 bits per heavy atom. The molecule has 104 valence electrons. The smallest absolute Gasteiger partial charge is 0.336 e. The Hall–Kier alpha value is -1.76. The largest absolute Gasteiger partial charge is 0.478 e. The van der Waals surface area contributed by atoms with Crippen molar-refractivity contribution in [3.05, 3.63) is 33.4 Å². The molecule has 1 N–H and O–H groups in total. The molecule has 1 rings (SSSR count). The van der Waals surface area contributed by atoms with Crippen molar-refractivity contribution in [3.63, 3.8) is 0 Å². The third-order valence-corrected chi connectivity index (χ3v) is 3.43. The fourth-order valence-corrected chi connectivity index (χ4v) is 2.20. The summed E-state index contributed by atoms with van der Waals surface area (Å²) in [7, 11) is 1.80. The summed E-state index contributed by atoms with van der Waals surface area (Å²) in [6.07, 6.45) is 1.97. The van der Waals surface area contributed by atoms with Crippen LogP contribution in [0.2, 0.25) is 0 Å². The number of nitro benzene ring substituents is 1. The maximum absolute atomic E-state index is 11.0. The molecule has 19 heavy (non-hydrogen) atoms. The second-order valence-corrected chi connectivity index (χ2v) is 5.10. The van der Waals surface area contributed by atoms with Gasteiger partial charge in [0, 0.05) is 31.1 Å². The summed E-state index contributed by atoms with van der Waals surface area (Å²) in [6, 6.07) is 2.58. The van der Waals surface area contributed by atoms with E-state index in [-0.39, 0.29) is 11.3 Å². The number of aromatic carboxylic acids is 1. The van der Waals surface area contributed by atoms with Crippen molar-refractivity contribution in [2.45, 2.75) is 6.92 Å². The van der Waals surface area contributed by atoms with Crippen molar-refractivity contribution < 1.29 is 14.8 Å². The van der Waals surface area contributed by atoms with Crippen molar-refractivity contribution in [3.8, 4) is 0 Å². The second kappa shape index (κ2) is 6.42. The average Bonchev–Trinajstić information content (AvgIpc) is 2.35. The quantitative estimate of drug-likeness (QED) is 0.638. The summed E-state index contributed by atoms with van der Waals surface area (Å²) < 4.78 is 0. The van der Waals surface area contributed by atoms with Gasteiger partial charge in [0.1, 0.15) is 0 Å². The normalized spacial score (nSPS) is 10.3. The molecule has 0 atom stereocenters. The molecule has 7 heteroatoms. The van der Waals surface area contributed by atoms with Crippen LogP contribution >= 0.6 is 11.8 Å². The number of hydrogen-bond donors (Lipinski definition) is 1. The molecule has 6 nitrogen and oxygen atoms in total. The zero-order chi connectivity index (χ0) is 14.6. The number of carboxylic acid groups (broad SMARTS) is 1. The van der Waals surface area contributed by atoms with E-state index in [4.69, 9.17) is 5.11 Å². The molecule has 0 bridgehead atoms. The van der Waals surface area contributed by atoms with Crippen LogP contribution in [0.15, 0.2) is 12.1 Å². The third-order valence-electron chi connectivity index (χ3n) is 2.84. The van der Waals surface area contributed by atoms with Crippen molar-refractivity contribution in [2.75, 3.05) is 30.5 Å². The van der Waals surface area contributed by atoms with Crippen LogP contribution in [0.4, 0.5) is 11.4 Å². The van der Waals surface area contributed by atoms with Crippen molar-refractivity contribution in [1.29, 1.82) is 0 Å². The summed E-state index contributed by atoms with van der Waals surface area (Å²) in [4.78, 5) is 23.3. The van der Waals surface area contributed by atoms with E-state index in [1.807, 2.05) is 11.2 Å². The topological polar surface area (TPSA) is 83.7 Å². The number of benzene rings is 1. The van der Waals surface area contributed by atoms with Crippen LogP contribution in [0.25, 0.3) is 0 Å². The molecular weight excluding hydrogens is 268 g/mol. The lowest BCUT2D eigenvalue weighted by atomic mass is 10.1. The first kappa shape index (κ1) is 15.3. The van der Waals surface area contributed by atoms with E-state index in [1.165, 1.54) is 6.07 Å². The molecule has 0 aliphatic carbocycles. The highest BCUT2D eigenvalue weighted by Gasteiger charge is 2.20. The first-order valence-electron chi connectivity index (χ1n) is 5.61. The van der Waals surface area contributed by atoms with Gasteiger partial charge in [-0.05, 0) is 19.2 Å². The Kier molecular flexibility index (Phi) is 5.17. The van der Waals surface area contributed by atoms with Gasteiger partial charge in [-0.3, -0.25) is 10.1 Å². The summed E-state index contributed by atoms with van der Waals surface area (Å²) in [5.41, 5.74) is 0.841. The first-order valence-corrected chi connectivity index (χ1v) is 7.00. The summed E-state index contributed by atoms with van der Waals surface area (Å²) >= 11 is 1.66. The SMILES string of the molecule is CSCCN(C)c1cc(C(=O)O)cc([N+](=O)[O-])c1C. The number of hydrogen-bond acceptors (Lipinski definition) is 5. The number of nitro groups is 1.